The third kappa shape index (κ3) is 4.02. The van der Waals surface area contributed by atoms with Gasteiger partial charge in [0.1, 0.15) is 11.9 Å². The molecule has 0 saturated carbocycles. The first-order chi connectivity index (χ1) is 8.20. The second kappa shape index (κ2) is 7.30. The van der Waals surface area contributed by atoms with Gasteiger partial charge in [-0.15, -0.1) is 0 Å². The third-order valence-electron chi connectivity index (χ3n) is 2.65. The first-order valence-electron chi connectivity index (χ1n) is 6.28. The topological polar surface area (TPSA) is 49.7 Å². The van der Waals surface area contributed by atoms with Crippen molar-refractivity contribution in [2.45, 2.75) is 45.3 Å². The molecule has 1 aromatic rings. The van der Waals surface area contributed by atoms with Gasteiger partial charge in [0.15, 0.2) is 0 Å². The van der Waals surface area contributed by atoms with Crippen LogP contribution in [0.5, 0.6) is 5.75 Å². The zero-order valence-electron chi connectivity index (χ0n) is 10.6. The second-order valence-electron chi connectivity index (χ2n) is 4.19. The molecule has 0 heterocycles. The van der Waals surface area contributed by atoms with Gasteiger partial charge in [-0.05, 0) is 18.9 Å². The van der Waals surface area contributed by atoms with E-state index in [0.29, 0.717) is 24.3 Å². The first-order valence-corrected chi connectivity index (χ1v) is 6.28. The van der Waals surface area contributed by atoms with Crippen LogP contribution in [0.2, 0.25) is 0 Å². The van der Waals surface area contributed by atoms with Crippen molar-refractivity contribution in [1.82, 2.24) is 0 Å². The van der Waals surface area contributed by atoms with Gasteiger partial charge in [0.25, 0.3) is 0 Å². The smallest absolute Gasteiger partial charge is 0.125 e. The minimum atomic E-state index is -0.872. The van der Waals surface area contributed by atoms with Gasteiger partial charge < -0.3 is 14.9 Å². The van der Waals surface area contributed by atoms with Crippen LogP contribution in [0.3, 0.4) is 0 Å². The summed E-state index contributed by atoms with van der Waals surface area (Å²) in [5.41, 5.74) is 0.668. The number of para-hydroxylation sites is 1. The van der Waals surface area contributed by atoms with Crippen molar-refractivity contribution in [1.29, 1.82) is 0 Å². The molecule has 0 spiro atoms. The summed E-state index contributed by atoms with van der Waals surface area (Å²) in [6.45, 7) is 4.63. The first kappa shape index (κ1) is 14.0. The molecule has 0 aliphatic rings. The number of benzene rings is 1. The Bertz CT molecular complexity index is 325. The number of hydrogen-bond acceptors (Lipinski definition) is 3. The Hall–Kier alpha value is -1.06. The van der Waals surface area contributed by atoms with Crippen LogP contribution in [0.25, 0.3) is 0 Å². The van der Waals surface area contributed by atoms with Crippen molar-refractivity contribution >= 4 is 0 Å². The summed E-state index contributed by atoms with van der Waals surface area (Å²) in [5.74, 6) is 0.664. The van der Waals surface area contributed by atoms with E-state index in [0.717, 1.165) is 12.8 Å². The molecular formula is C14H22O3. The van der Waals surface area contributed by atoms with Crippen LogP contribution in [-0.2, 0) is 0 Å². The molecule has 17 heavy (non-hydrogen) atoms. The van der Waals surface area contributed by atoms with Crippen molar-refractivity contribution in [3.63, 3.8) is 0 Å². The highest BCUT2D eigenvalue weighted by Gasteiger charge is 2.20. The maximum Gasteiger partial charge on any atom is 0.125 e. The van der Waals surface area contributed by atoms with Gasteiger partial charge in [0, 0.05) is 5.56 Å². The van der Waals surface area contributed by atoms with E-state index in [4.69, 9.17) is 4.74 Å². The van der Waals surface area contributed by atoms with Gasteiger partial charge in [-0.25, -0.2) is 0 Å². The van der Waals surface area contributed by atoms with Crippen LogP contribution in [0.15, 0.2) is 24.3 Å². The SMILES string of the molecule is CCCOc1ccccc1C(O)C(O)CCC. The van der Waals surface area contributed by atoms with E-state index in [2.05, 4.69) is 0 Å². The summed E-state index contributed by atoms with van der Waals surface area (Å²) in [6, 6.07) is 7.34. The summed E-state index contributed by atoms with van der Waals surface area (Å²) in [4.78, 5) is 0. The molecule has 0 saturated heterocycles. The zero-order valence-corrected chi connectivity index (χ0v) is 10.6. The standard InChI is InChI=1S/C14H22O3/c1-3-7-12(15)14(16)11-8-5-6-9-13(11)17-10-4-2/h5-6,8-9,12,14-16H,3-4,7,10H2,1-2H3. The van der Waals surface area contributed by atoms with Gasteiger partial charge in [0.05, 0.1) is 12.7 Å². The summed E-state index contributed by atoms with van der Waals surface area (Å²) in [5, 5.41) is 19.9. The minimum absolute atomic E-state index is 0.587. The second-order valence-corrected chi connectivity index (χ2v) is 4.19. The van der Waals surface area contributed by atoms with Gasteiger partial charge in [-0.2, -0.15) is 0 Å². The Morgan fingerprint density at radius 2 is 1.82 bits per heavy atom. The van der Waals surface area contributed by atoms with Crippen LogP contribution in [0.1, 0.15) is 44.8 Å². The molecule has 1 rings (SSSR count). The Balaban J connectivity index is 2.80. The Kier molecular flexibility index (Phi) is 6.01. The molecular weight excluding hydrogens is 216 g/mol. The maximum atomic E-state index is 10.1. The summed E-state index contributed by atoms with van der Waals surface area (Å²) in [6.07, 6.45) is 0.746. The lowest BCUT2D eigenvalue weighted by atomic mass is 10.0. The number of aliphatic hydroxyl groups is 2. The molecule has 0 radical (unpaired) electrons. The zero-order chi connectivity index (χ0) is 12.7. The highest BCUT2D eigenvalue weighted by Crippen LogP contribution is 2.28. The predicted molar refractivity (Wildman–Crippen MR) is 68.1 cm³/mol. The van der Waals surface area contributed by atoms with Crippen LogP contribution >= 0.6 is 0 Å². The number of aliphatic hydroxyl groups excluding tert-OH is 2. The molecule has 2 atom stereocenters. The van der Waals surface area contributed by atoms with E-state index in [1.807, 2.05) is 32.0 Å². The molecule has 0 aliphatic carbocycles. The highest BCUT2D eigenvalue weighted by molar-refractivity contribution is 5.35. The van der Waals surface area contributed by atoms with Crippen LogP contribution < -0.4 is 4.74 Å². The molecule has 3 nitrogen and oxygen atoms in total. The molecule has 3 heteroatoms. The normalized spacial score (nSPS) is 14.4. The Morgan fingerprint density at radius 3 is 2.47 bits per heavy atom. The highest BCUT2D eigenvalue weighted by atomic mass is 16.5. The lowest BCUT2D eigenvalue weighted by Gasteiger charge is -2.20. The lowest BCUT2D eigenvalue weighted by molar-refractivity contribution is 0.0115. The number of ether oxygens (including phenoxy) is 1. The van der Waals surface area contributed by atoms with Gasteiger partial charge in [0.2, 0.25) is 0 Å². The van der Waals surface area contributed by atoms with Gasteiger partial charge in [-0.3, -0.25) is 0 Å². The third-order valence-corrected chi connectivity index (χ3v) is 2.65. The van der Waals surface area contributed by atoms with Gasteiger partial charge >= 0.3 is 0 Å². The fraction of sp³-hybridized carbons (Fsp3) is 0.571. The monoisotopic (exact) mass is 238 g/mol. The fourth-order valence-corrected chi connectivity index (χ4v) is 1.73. The number of hydrogen-bond donors (Lipinski definition) is 2. The van der Waals surface area contributed by atoms with E-state index >= 15 is 0 Å². The van der Waals surface area contributed by atoms with E-state index in [1.54, 1.807) is 6.07 Å². The molecule has 2 N–H and O–H groups in total. The van der Waals surface area contributed by atoms with E-state index < -0.39 is 12.2 Å². The van der Waals surface area contributed by atoms with E-state index in [9.17, 15) is 10.2 Å². The molecule has 0 fully saturated rings. The summed E-state index contributed by atoms with van der Waals surface area (Å²) in [7, 11) is 0. The summed E-state index contributed by atoms with van der Waals surface area (Å²) >= 11 is 0. The van der Waals surface area contributed by atoms with Crippen molar-refractivity contribution in [2.24, 2.45) is 0 Å². The van der Waals surface area contributed by atoms with E-state index in [-0.39, 0.29) is 0 Å². The average molecular weight is 238 g/mol. The van der Waals surface area contributed by atoms with Gasteiger partial charge in [-0.1, -0.05) is 38.5 Å². The van der Waals surface area contributed by atoms with Crippen LogP contribution in [0, 0.1) is 0 Å². The minimum Gasteiger partial charge on any atom is -0.493 e. The van der Waals surface area contributed by atoms with Crippen LogP contribution in [-0.4, -0.2) is 22.9 Å². The van der Waals surface area contributed by atoms with E-state index in [1.165, 1.54) is 0 Å². The molecule has 1 aromatic carbocycles. The molecule has 0 aliphatic heterocycles. The predicted octanol–water partition coefficient (Wildman–Crippen LogP) is 2.67. The Labute approximate surface area is 103 Å². The molecule has 96 valence electrons. The van der Waals surface area contributed by atoms with Crippen molar-refractivity contribution in [3.05, 3.63) is 29.8 Å². The molecule has 0 amide bonds. The average Bonchev–Trinajstić information content (AvgIpc) is 2.36. The molecule has 0 bridgehead atoms. The van der Waals surface area contributed by atoms with Crippen molar-refractivity contribution in [3.8, 4) is 5.75 Å². The maximum absolute atomic E-state index is 10.1. The fourth-order valence-electron chi connectivity index (χ4n) is 1.73. The van der Waals surface area contributed by atoms with Crippen molar-refractivity contribution in [2.75, 3.05) is 6.61 Å². The molecule has 0 aromatic heterocycles. The van der Waals surface area contributed by atoms with Crippen LogP contribution in [0.4, 0.5) is 0 Å². The Morgan fingerprint density at radius 1 is 1.12 bits per heavy atom. The summed E-state index contributed by atoms with van der Waals surface area (Å²) < 4.78 is 5.56. The largest absolute Gasteiger partial charge is 0.493 e. The lowest BCUT2D eigenvalue weighted by Crippen LogP contribution is -2.18. The molecule has 2 unspecified atom stereocenters. The van der Waals surface area contributed by atoms with Crippen molar-refractivity contribution < 1.29 is 14.9 Å². The quantitative estimate of drug-likeness (QED) is 0.767. The number of rotatable bonds is 7.